The summed E-state index contributed by atoms with van der Waals surface area (Å²) in [7, 11) is 0. The van der Waals surface area contributed by atoms with Gasteiger partial charge in [-0.25, -0.2) is 0 Å². The lowest BCUT2D eigenvalue weighted by molar-refractivity contribution is -0.390. The molecule has 1 heterocycles. The van der Waals surface area contributed by atoms with E-state index in [0.717, 1.165) is 0 Å². The highest BCUT2D eigenvalue weighted by molar-refractivity contribution is 6.30. The van der Waals surface area contributed by atoms with E-state index < -0.39 is 22.8 Å². The number of nitrogens with zero attached hydrogens (tertiary/aromatic N) is 2. The second-order valence-corrected chi connectivity index (χ2v) is 4.77. The summed E-state index contributed by atoms with van der Waals surface area (Å²) in [5.74, 6) is -0.944. The predicted octanol–water partition coefficient (Wildman–Crippen LogP) is 3.05. The molecule has 0 radical (unpaired) electrons. The quantitative estimate of drug-likeness (QED) is 0.674. The summed E-state index contributed by atoms with van der Waals surface area (Å²) in [6.45, 7) is 1.49. The number of hydrogen-bond donors (Lipinski definition) is 1. The molecule has 1 aromatic carbocycles. The van der Waals surface area contributed by atoms with Crippen LogP contribution in [-0.4, -0.2) is 21.9 Å². The van der Waals surface area contributed by atoms with Crippen LogP contribution in [0.2, 0.25) is 5.02 Å². The average molecular weight is 322 g/mol. The van der Waals surface area contributed by atoms with Crippen molar-refractivity contribution in [1.82, 2.24) is 4.98 Å². The molecule has 0 spiro atoms. The highest BCUT2D eigenvalue weighted by atomic mass is 35.5. The summed E-state index contributed by atoms with van der Waals surface area (Å²) in [6.07, 6.45) is 0.349. The Hall–Kier alpha value is -2.67. The third-order valence-corrected chi connectivity index (χ3v) is 2.96. The summed E-state index contributed by atoms with van der Waals surface area (Å²) in [6, 6.07) is 9.42. The average Bonchev–Trinajstić information content (AvgIpc) is 2.49. The van der Waals surface area contributed by atoms with Crippen molar-refractivity contribution in [3.63, 3.8) is 0 Å². The number of ether oxygens (including phenoxy) is 1. The summed E-state index contributed by atoms with van der Waals surface area (Å²) in [4.78, 5) is 25.8. The van der Waals surface area contributed by atoms with E-state index in [0.29, 0.717) is 10.7 Å². The minimum absolute atomic E-state index is 0.0637. The highest BCUT2D eigenvalue weighted by Crippen LogP contribution is 2.24. The van der Waals surface area contributed by atoms with Crippen LogP contribution >= 0.6 is 11.6 Å². The van der Waals surface area contributed by atoms with Crippen LogP contribution in [0.25, 0.3) is 0 Å². The zero-order valence-corrected chi connectivity index (χ0v) is 12.3. The smallest absolute Gasteiger partial charge is 0.406 e. The lowest BCUT2D eigenvalue weighted by Crippen LogP contribution is -2.30. The Balaban J connectivity index is 2.05. The lowest BCUT2D eigenvalue weighted by atomic mass is 10.3. The first-order chi connectivity index (χ1) is 10.5. The molecule has 0 aliphatic heterocycles. The molecule has 2 aromatic rings. The molecule has 1 N–H and O–H groups in total. The monoisotopic (exact) mass is 321 g/mol. The van der Waals surface area contributed by atoms with Crippen molar-refractivity contribution in [2.24, 2.45) is 0 Å². The third-order valence-electron chi connectivity index (χ3n) is 2.71. The first-order valence-corrected chi connectivity index (χ1v) is 6.67. The third kappa shape index (κ3) is 3.92. The van der Waals surface area contributed by atoms with E-state index in [1.54, 1.807) is 24.3 Å². The van der Waals surface area contributed by atoms with Crippen molar-refractivity contribution in [2.45, 2.75) is 13.0 Å². The highest BCUT2D eigenvalue weighted by Gasteiger charge is 2.21. The van der Waals surface area contributed by atoms with E-state index in [-0.39, 0.29) is 5.75 Å². The zero-order chi connectivity index (χ0) is 16.1. The van der Waals surface area contributed by atoms with Crippen LogP contribution in [0, 0.1) is 10.1 Å². The van der Waals surface area contributed by atoms with Crippen LogP contribution < -0.4 is 10.1 Å². The molecule has 7 nitrogen and oxygen atoms in total. The molecule has 8 heteroatoms. The van der Waals surface area contributed by atoms with Crippen LogP contribution in [0.4, 0.5) is 11.5 Å². The van der Waals surface area contributed by atoms with Crippen molar-refractivity contribution < 1.29 is 14.5 Å². The van der Waals surface area contributed by atoms with Gasteiger partial charge in [0.25, 0.3) is 5.91 Å². The van der Waals surface area contributed by atoms with Gasteiger partial charge in [0.2, 0.25) is 5.75 Å². The van der Waals surface area contributed by atoms with Gasteiger partial charge < -0.3 is 20.2 Å². The van der Waals surface area contributed by atoms with Crippen molar-refractivity contribution in [2.75, 3.05) is 5.32 Å². The van der Waals surface area contributed by atoms with Crippen LogP contribution in [0.5, 0.6) is 5.75 Å². The number of nitro groups is 1. The second-order valence-electron chi connectivity index (χ2n) is 4.34. The van der Waals surface area contributed by atoms with Gasteiger partial charge >= 0.3 is 5.82 Å². The lowest BCUT2D eigenvalue weighted by Gasteiger charge is -2.14. The first kappa shape index (κ1) is 15.7. The molecule has 114 valence electrons. The molecular weight excluding hydrogens is 310 g/mol. The van der Waals surface area contributed by atoms with Crippen LogP contribution in [0.1, 0.15) is 6.92 Å². The Morgan fingerprint density at radius 1 is 1.36 bits per heavy atom. The van der Waals surface area contributed by atoms with Crippen molar-refractivity contribution >= 4 is 29.0 Å². The maximum Gasteiger partial charge on any atom is 0.406 e. The van der Waals surface area contributed by atoms with Crippen molar-refractivity contribution in [1.29, 1.82) is 0 Å². The number of anilines is 1. The standard InChI is InChI=1S/C14H12ClN3O4/c1-9(14(19)17-11-6-4-10(15)5-7-11)22-12-3-2-8-16-13(12)18(20)21/h2-9H,1H3,(H,17,19). The number of carbonyl (C=O) groups is 1. The van der Waals surface area contributed by atoms with Gasteiger partial charge in [-0.1, -0.05) is 11.6 Å². The van der Waals surface area contributed by atoms with Gasteiger partial charge in [-0.2, -0.15) is 0 Å². The number of pyridine rings is 1. The number of amides is 1. The predicted molar refractivity (Wildman–Crippen MR) is 81.1 cm³/mol. The molecule has 0 fully saturated rings. The van der Waals surface area contributed by atoms with Crippen LogP contribution in [-0.2, 0) is 4.79 Å². The number of carbonyl (C=O) groups excluding carboxylic acids is 1. The van der Waals surface area contributed by atoms with Gasteiger partial charge in [-0.05, 0) is 53.2 Å². The summed E-state index contributed by atoms with van der Waals surface area (Å²) >= 11 is 5.76. The summed E-state index contributed by atoms with van der Waals surface area (Å²) in [5.41, 5.74) is 0.547. The van der Waals surface area contributed by atoms with Gasteiger partial charge in [0, 0.05) is 10.7 Å². The van der Waals surface area contributed by atoms with Gasteiger partial charge in [-0.3, -0.25) is 4.79 Å². The van der Waals surface area contributed by atoms with Gasteiger partial charge in [0.1, 0.15) is 6.20 Å². The fourth-order valence-electron chi connectivity index (χ4n) is 1.63. The SMILES string of the molecule is CC(Oc1cccnc1[N+](=O)[O-])C(=O)Nc1ccc(Cl)cc1. The molecule has 0 saturated heterocycles. The van der Waals surface area contributed by atoms with Crippen molar-refractivity contribution in [3.8, 4) is 5.75 Å². The normalized spacial score (nSPS) is 11.5. The molecule has 1 atom stereocenters. The minimum Gasteiger partial charge on any atom is -0.473 e. The number of rotatable bonds is 5. The number of nitrogens with one attached hydrogen (secondary N) is 1. The molecule has 1 aromatic heterocycles. The molecule has 0 saturated carbocycles. The van der Waals surface area contributed by atoms with Crippen LogP contribution in [0.3, 0.4) is 0 Å². The first-order valence-electron chi connectivity index (χ1n) is 6.30. The van der Waals surface area contributed by atoms with E-state index in [9.17, 15) is 14.9 Å². The van der Waals surface area contributed by atoms with E-state index in [2.05, 4.69) is 10.3 Å². The topological polar surface area (TPSA) is 94.4 Å². The van der Waals surface area contributed by atoms with Gasteiger partial charge in [0.05, 0.1) is 0 Å². The second kappa shape index (κ2) is 6.86. The number of benzene rings is 1. The Bertz CT molecular complexity index is 691. The number of halogens is 1. The largest absolute Gasteiger partial charge is 0.473 e. The molecule has 0 aliphatic rings. The Morgan fingerprint density at radius 2 is 2.05 bits per heavy atom. The number of aromatic nitrogens is 1. The molecule has 22 heavy (non-hydrogen) atoms. The fourth-order valence-corrected chi connectivity index (χ4v) is 1.76. The van der Waals surface area contributed by atoms with E-state index in [1.165, 1.54) is 25.3 Å². The van der Waals surface area contributed by atoms with E-state index in [4.69, 9.17) is 16.3 Å². The van der Waals surface area contributed by atoms with Gasteiger partial charge in [-0.15, -0.1) is 0 Å². The molecule has 1 amide bonds. The molecule has 2 rings (SSSR count). The Labute approximate surface area is 131 Å². The molecular formula is C14H12ClN3O4. The maximum absolute atomic E-state index is 12.0. The molecule has 1 unspecified atom stereocenters. The van der Waals surface area contributed by atoms with Crippen LogP contribution in [0.15, 0.2) is 42.6 Å². The molecule has 0 aliphatic carbocycles. The number of hydrogen-bond acceptors (Lipinski definition) is 5. The Kier molecular flexibility index (Phi) is 4.90. The van der Waals surface area contributed by atoms with E-state index >= 15 is 0 Å². The zero-order valence-electron chi connectivity index (χ0n) is 11.5. The van der Waals surface area contributed by atoms with Gasteiger partial charge in [0.15, 0.2) is 6.10 Å². The summed E-state index contributed by atoms with van der Waals surface area (Å²) in [5, 5.41) is 14.0. The van der Waals surface area contributed by atoms with Crippen molar-refractivity contribution in [3.05, 3.63) is 57.7 Å². The molecule has 0 bridgehead atoms. The Morgan fingerprint density at radius 3 is 2.68 bits per heavy atom. The maximum atomic E-state index is 12.0. The fraction of sp³-hybridized carbons (Fsp3) is 0.143. The minimum atomic E-state index is -0.932. The summed E-state index contributed by atoms with van der Waals surface area (Å²) < 4.78 is 5.32. The van der Waals surface area contributed by atoms with E-state index in [1.807, 2.05) is 0 Å².